The summed E-state index contributed by atoms with van der Waals surface area (Å²) in [5.74, 6) is 3.96. The lowest BCUT2D eigenvalue weighted by molar-refractivity contribution is -0.0457. The molecule has 0 bridgehead atoms. The fourth-order valence-corrected chi connectivity index (χ4v) is 6.68. The summed E-state index contributed by atoms with van der Waals surface area (Å²) in [6, 6.07) is 0. The first-order valence-corrected chi connectivity index (χ1v) is 9.60. The lowest BCUT2D eigenvalue weighted by atomic mass is 9.51. The van der Waals surface area contributed by atoms with E-state index in [4.69, 9.17) is 0 Å². The molecule has 5 atom stereocenters. The van der Waals surface area contributed by atoms with Crippen LogP contribution in [0.15, 0.2) is 12.7 Å². The van der Waals surface area contributed by atoms with Crippen LogP contribution >= 0.6 is 0 Å². The number of rotatable bonds is 2. The minimum atomic E-state index is 0.586. The highest BCUT2D eigenvalue weighted by atomic mass is 14.6. The van der Waals surface area contributed by atoms with Gasteiger partial charge in [0.15, 0.2) is 0 Å². The molecule has 0 aliphatic heterocycles. The van der Waals surface area contributed by atoms with Crippen LogP contribution in [0.5, 0.6) is 0 Å². The molecule has 120 valence electrons. The second-order valence-electron chi connectivity index (χ2n) is 9.31. The molecule has 3 aliphatic carbocycles. The summed E-state index contributed by atoms with van der Waals surface area (Å²) in [6.45, 7) is 11.8. The normalized spacial score (nSPS) is 46.0. The van der Waals surface area contributed by atoms with Gasteiger partial charge in [-0.05, 0) is 79.4 Å². The predicted molar refractivity (Wildman–Crippen MR) is 92.2 cm³/mol. The molecule has 5 unspecified atom stereocenters. The van der Waals surface area contributed by atoms with Crippen molar-refractivity contribution < 1.29 is 0 Å². The van der Waals surface area contributed by atoms with E-state index in [-0.39, 0.29) is 0 Å². The monoisotopic (exact) mass is 288 g/mol. The predicted octanol–water partition coefficient (Wildman–Crippen LogP) is 6.61. The van der Waals surface area contributed by atoms with Crippen molar-refractivity contribution in [2.24, 2.45) is 34.5 Å². The van der Waals surface area contributed by atoms with Crippen molar-refractivity contribution in [3.63, 3.8) is 0 Å². The molecular formula is C21H36. The summed E-state index contributed by atoms with van der Waals surface area (Å²) in [5.41, 5.74) is 1.22. The number of fused-ring (bicyclic) bond motifs is 3. The smallest absolute Gasteiger partial charge is 0.0263 e. The first-order valence-electron chi connectivity index (χ1n) is 9.60. The zero-order valence-electron chi connectivity index (χ0n) is 14.7. The largest absolute Gasteiger partial charge is 0.103 e. The topological polar surface area (TPSA) is 0 Å². The molecule has 0 saturated heterocycles. The third-order valence-electron chi connectivity index (χ3n) is 7.95. The molecule has 0 heterocycles. The maximum Gasteiger partial charge on any atom is -0.0263 e. The van der Waals surface area contributed by atoms with Gasteiger partial charge in [0.2, 0.25) is 0 Å². The summed E-state index contributed by atoms with van der Waals surface area (Å²) >= 11 is 0. The van der Waals surface area contributed by atoms with Crippen LogP contribution in [0.4, 0.5) is 0 Å². The van der Waals surface area contributed by atoms with Gasteiger partial charge in [-0.3, -0.25) is 0 Å². The average Bonchev–Trinajstić information content (AvgIpc) is 2.74. The molecule has 21 heavy (non-hydrogen) atoms. The van der Waals surface area contributed by atoms with Gasteiger partial charge in [0.1, 0.15) is 0 Å². The van der Waals surface area contributed by atoms with Gasteiger partial charge >= 0.3 is 0 Å². The summed E-state index contributed by atoms with van der Waals surface area (Å²) < 4.78 is 0. The Bertz CT molecular complexity index is 379. The SMILES string of the molecule is C=CCC1CCC2C3CCCCCC(C)(C)C3CCC12C. The minimum Gasteiger partial charge on any atom is -0.103 e. The summed E-state index contributed by atoms with van der Waals surface area (Å²) in [4.78, 5) is 0. The van der Waals surface area contributed by atoms with Gasteiger partial charge in [-0.1, -0.05) is 46.1 Å². The molecule has 3 aliphatic rings. The van der Waals surface area contributed by atoms with Crippen molar-refractivity contribution in [1.29, 1.82) is 0 Å². The van der Waals surface area contributed by atoms with E-state index in [1.54, 1.807) is 0 Å². The van der Waals surface area contributed by atoms with E-state index in [1.165, 1.54) is 64.2 Å². The summed E-state index contributed by atoms with van der Waals surface area (Å²) in [5, 5.41) is 0. The fraction of sp³-hybridized carbons (Fsp3) is 0.905. The van der Waals surface area contributed by atoms with E-state index < -0.39 is 0 Å². The Labute approximate surface area is 132 Å². The van der Waals surface area contributed by atoms with E-state index >= 15 is 0 Å². The van der Waals surface area contributed by atoms with Gasteiger partial charge < -0.3 is 0 Å². The number of allylic oxidation sites excluding steroid dienone is 1. The molecule has 0 heteroatoms. The molecule has 0 aromatic carbocycles. The first-order chi connectivity index (χ1) is 9.99. The van der Waals surface area contributed by atoms with Gasteiger partial charge in [0.05, 0.1) is 0 Å². The molecule has 3 saturated carbocycles. The highest BCUT2D eigenvalue weighted by Gasteiger charge is 2.55. The zero-order valence-corrected chi connectivity index (χ0v) is 14.7. The third-order valence-corrected chi connectivity index (χ3v) is 7.95. The Morgan fingerprint density at radius 3 is 2.48 bits per heavy atom. The second-order valence-corrected chi connectivity index (χ2v) is 9.31. The maximum atomic E-state index is 4.02. The van der Waals surface area contributed by atoms with E-state index in [9.17, 15) is 0 Å². The highest BCUT2D eigenvalue weighted by Crippen LogP contribution is 2.63. The van der Waals surface area contributed by atoms with E-state index in [0.29, 0.717) is 10.8 Å². The van der Waals surface area contributed by atoms with Crippen LogP contribution in [0, 0.1) is 34.5 Å². The summed E-state index contributed by atoms with van der Waals surface area (Å²) in [7, 11) is 0. The van der Waals surface area contributed by atoms with E-state index in [1.807, 2.05) is 0 Å². The van der Waals surface area contributed by atoms with Gasteiger partial charge in [-0.15, -0.1) is 6.58 Å². The molecule has 0 nitrogen and oxygen atoms in total. The van der Waals surface area contributed by atoms with Gasteiger partial charge in [0, 0.05) is 0 Å². The molecule has 0 aromatic rings. The first kappa shape index (κ1) is 15.6. The van der Waals surface area contributed by atoms with Crippen molar-refractivity contribution in [2.45, 2.75) is 85.0 Å². The minimum absolute atomic E-state index is 0.586. The number of hydrogen-bond acceptors (Lipinski definition) is 0. The quantitative estimate of drug-likeness (QED) is 0.501. The standard InChI is InChI=1S/C21H36/c1-5-9-16-11-12-19-17-10-7-6-8-14-20(2,3)18(17)13-15-21(16,19)4/h5,16-19H,1,6-15H2,2-4H3. The van der Waals surface area contributed by atoms with Gasteiger partial charge in [-0.2, -0.15) is 0 Å². The van der Waals surface area contributed by atoms with Crippen molar-refractivity contribution in [2.75, 3.05) is 0 Å². The highest BCUT2D eigenvalue weighted by molar-refractivity contribution is 5.05. The van der Waals surface area contributed by atoms with Crippen molar-refractivity contribution >= 4 is 0 Å². The number of hydrogen-bond donors (Lipinski definition) is 0. The Morgan fingerprint density at radius 1 is 0.905 bits per heavy atom. The lowest BCUT2D eigenvalue weighted by Gasteiger charge is -2.54. The molecule has 0 spiro atoms. The maximum absolute atomic E-state index is 4.02. The Hall–Kier alpha value is -0.260. The van der Waals surface area contributed by atoms with Crippen LogP contribution in [0.25, 0.3) is 0 Å². The molecule has 3 rings (SSSR count). The van der Waals surface area contributed by atoms with E-state index in [2.05, 4.69) is 33.4 Å². The Kier molecular flexibility index (Phi) is 4.27. The van der Waals surface area contributed by atoms with Crippen LogP contribution in [0.2, 0.25) is 0 Å². The molecule has 0 aromatic heterocycles. The van der Waals surface area contributed by atoms with Crippen molar-refractivity contribution in [3.05, 3.63) is 12.7 Å². The average molecular weight is 289 g/mol. The van der Waals surface area contributed by atoms with Crippen LogP contribution in [0.3, 0.4) is 0 Å². The zero-order chi connectivity index (χ0) is 15.1. The Morgan fingerprint density at radius 2 is 1.71 bits per heavy atom. The summed E-state index contributed by atoms with van der Waals surface area (Å²) in [6.07, 6.45) is 16.8. The van der Waals surface area contributed by atoms with E-state index in [0.717, 1.165) is 23.7 Å². The Balaban J connectivity index is 1.86. The van der Waals surface area contributed by atoms with Crippen LogP contribution in [0.1, 0.15) is 85.0 Å². The lowest BCUT2D eigenvalue weighted by Crippen LogP contribution is -2.46. The molecule has 0 N–H and O–H groups in total. The third kappa shape index (κ3) is 2.62. The molecule has 3 fully saturated rings. The molecule has 0 amide bonds. The molecular weight excluding hydrogens is 252 g/mol. The van der Waals surface area contributed by atoms with Gasteiger partial charge in [0.25, 0.3) is 0 Å². The van der Waals surface area contributed by atoms with Crippen molar-refractivity contribution in [3.8, 4) is 0 Å². The second kappa shape index (κ2) is 5.74. The van der Waals surface area contributed by atoms with Crippen LogP contribution in [-0.4, -0.2) is 0 Å². The van der Waals surface area contributed by atoms with Crippen LogP contribution in [-0.2, 0) is 0 Å². The fourth-order valence-electron chi connectivity index (χ4n) is 6.68. The van der Waals surface area contributed by atoms with Gasteiger partial charge in [-0.25, -0.2) is 0 Å². The van der Waals surface area contributed by atoms with Crippen LogP contribution < -0.4 is 0 Å². The van der Waals surface area contributed by atoms with Crippen molar-refractivity contribution in [1.82, 2.24) is 0 Å². The molecule has 0 radical (unpaired) electrons.